The van der Waals surface area contributed by atoms with Crippen LogP contribution in [-0.4, -0.2) is 23.7 Å². The molecule has 0 bridgehead atoms. The second-order valence-electron chi connectivity index (χ2n) is 7.84. The van der Waals surface area contributed by atoms with Crippen LogP contribution >= 0.6 is 0 Å². The lowest BCUT2D eigenvalue weighted by Crippen LogP contribution is -2.43. The number of alkyl halides is 6. The molecule has 2 aliphatic rings. The zero-order chi connectivity index (χ0) is 24.0. The van der Waals surface area contributed by atoms with Crippen molar-refractivity contribution in [3.05, 3.63) is 64.7 Å². The molecule has 2 amide bonds. The monoisotopic (exact) mass is 469 g/mol. The average Bonchev–Trinajstić information content (AvgIpc) is 3.55. The first-order valence-corrected chi connectivity index (χ1v) is 9.98. The van der Waals surface area contributed by atoms with Gasteiger partial charge in [0, 0.05) is 17.2 Å². The van der Waals surface area contributed by atoms with Crippen LogP contribution in [0, 0.1) is 5.92 Å². The van der Waals surface area contributed by atoms with Crippen LogP contribution < -0.4 is 10.6 Å². The third-order valence-electron chi connectivity index (χ3n) is 5.33. The molecule has 1 atom stereocenters. The first-order chi connectivity index (χ1) is 15.4. The van der Waals surface area contributed by atoms with Crippen molar-refractivity contribution in [2.24, 2.45) is 10.9 Å². The predicted molar refractivity (Wildman–Crippen MR) is 106 cm³/mol. The molecule has 1 unspecified atom stereocenters. The summed E-state index contributed by atoms with van der Waals surface area (Å²) in [5.74, 6) is -1.55. The summed E-state index contributed by atoms with van der Waals surface area (Å²) in [6.45, 7) is 0. The van der Waals surface area contributed by atoms with E-state index < -0.39 is 53.4 Å². The van der Waals surface area contributed by atoms with Crippen molar-refractivity contribution < 1.29 is 35.9 Å². The maximum Gasteiger partial charge on any atom is 0.416 e. The second kappa shape index (κ2) is 8.20. The molecule has 0 aromatic heterocycles. The number of aliphatic imine (C=N–C) groups is 1. The Labute approximate surface area is 183 Å². The van der Waals surface area contributed by atoms with Gasteiger partial charge >= 0.3 is 12.4 Å². The first kappa shape index (κ1) is 22.8. The molecule has 174 valence electrons. The SMILES string of the molecule is O=C(Cc1ccc(C(F)(F)F)cc1C(F)(F)F)NC1N=C(C2CC2)c2ccccc2NC1=O. The molecule has 33 heavy (non-hydrogen) atoms. The number of benzodiazepines with no additional fused rings is 1. The van der Waals surface area contributed by atoms with Crippen LogP contribution in [0.4, 0.5) is 32.0 Å². The number of hydrogen-bond acceptors (Lipinski definition) is 3. The van der Waals surface area contributed by atoms with Gasteiger partial charge < -0.3 is 10.6 Å². The van der Waals surface area contributed by atoms with E-state index in [1.54, 1.807) is 24.3 Å². The van der Waals surface area contributed by atoms with Gasteiger partial charge in [-0.3, -0.25) is 14.6 Å². The molecular formula is C22H17F6N3O2. The fourth-order valence-electron chi connectivity index (χ4n) is 3.61. The summed E-state index contributed by atoms with van der Waals surface area (Å²) < 4.78 is 78.6. The minimum atomic E-state index is -5.10. The van der Waals surface area contributed by atoms with E-state index in [1.807, 2.05) is 0 Å². The standard InChI is InChI=1S/C22H17F6N3O2/c23-21(24,25)13-8-7-12(15(10-13)22(26,27)28)9-17(32)30-19-20(33)29-16-4-2-1-3-14(16)18(31-19)11-5-6-11/h1-4,7-8,10-11,19H,5-6,9H2,(H,29,33)(H,30,32). The van der Waals surface area contributed by atoms with E-state index in [9.17, 15) is 35.9 Å². The number of hydrogen-bond donors (Lipinski definition) is 2. The number of fused-ring (bicyclic) bond motifs is 1. The molecule has 1 heterocycles. The molecule has 0 radical (unpaired) electrons. The topological polar surface area (TPSA) is 70.6 Å². The van der Waals surface area contributed by atoms with Crippen molar-refractivity contribution in [1.29, 1.82) is 0 Å². The molecule has 0 saturated heterocycles. The summed E-state index contributed by atoms with van der Waals surface area (Å²) >= 11 is 0. The Balaban J connectivity index is 1.58. The van der Waals surface area contributed by atoms with Crippen LogP contribution in [-0.2, 0) is 28.4 Å². The third kappa shape index (κ3) is 5.01. The Kier molecular flexibility index (Phi) is 5.67. The van der Waals surface area contributed by atoms with Gasteiger partial charge in [0.15, 0.2) is 0 Å². The number of nitrogens with zero attached hydrogens (tertiary/aromatic N) is 1. The van der Waals surface area contributed by atoms with E-state index in [-0.39, 0.29) is 12.0 Å². The average molecular weight is 469 g/mol. The van der Waals surface area contributed by atoms with Crippen molar-refractivity contribution >= 4 is 23.2 Å². The predicted octanol–water partition coefficient (Wildman–Crippen LogP) is 4.56. The molecule has 1 saturated carbocycles. The molecule has 2 aromatic carbocycles. The highest BCUT2D eigenvalue weighted by Crippen LogP contribution is 2.38. The van der Waals surface area contributed by atoms with E-state index in [0.29, 0.717) is 29.1 Å². The quantitative estimate of drug-likeness (QED) is 0.645. The Morgan fingerprint density at radius 3 is 2.36 bits per heavy atom. The summed E-state index contributed by atoms with van der Waals surface area (Å²) in [4.78, 5) is 29.5. The summed E-state index contributed by atoms with van der Waals surface area (Å²) in [5, 5.41) is 4.94. The van der Waals surface area contributed by atoms with Crippen LogP contribution in [0.3, 0.4) is 0 Å². The summed E-state index contributed by atoms with van der Waals surface area (Å²) in [6.07, 6.45) is -10.6. The van der Waals surface area contributed by atoms with Gasteiger partial charge in [-0.05, 0) is 36.6 Å². The van der Waals surface area contributed by atoms with E-state index >= 15 is 0 Å². The molecule has 1 aliphatic heterocycles. The third-order valence-corrected chi connectivity index (χ3v) is 5.33. The first-order valence-electron chi connectivity index (χ1n) is 9.98. The smallest absolute Gasteiger partial charge is 0.326 e. The number of rotatable bonds is 4. The molecule has 11 heteroatoms. The Morgan fingerprint density at radius 1 is 1.03 bits per heavy atom. The van der Waals surface area contributed by atoms with Gasteiger partial charge in [0.25, 0.3) is 5.91 Å². The van der Waals surface area contributed by atoms with Crippen LogP contribution in [0.15, 0.2) is 47.5 Å². The molecule has 2 N–H and O–H groups in total. The second-order valence-corrected chi connectivity index (χ2v) is 7.84. The van der Waals surface area contributed by atoms with Crippen LogP contribution in [0.5, 0.6) is 0 Å². The fourth-order valence-corrected chi connectivity index (χ4v) is 3.61. The van der Waals surface area contributed by atoms with Gasteiger partial charge in [-0.1, -0.05) is 24.3 Å². The number of carbonyl (C=O) groups excluding carboxylic acids is 2. The van der Waals surface area contributed by atoms with Gasteiger partial charge in [0.2, 0.25) is 12.1 Å². The molecule has 4 rings (SSSR count). The summed E-state index contributed by atoms with van der Waals surface area (Å²) in [7, 11) is 0. The molecular weight excluding hydrogens is 452 g/mol. The Hall–Kier alpha value is -3.37. The van der Waals surface area contributed by atoms with Crippen molar-refractivity contribution in [2.75, 3.05) is 5.32 Å². The van der Waals surface area contributed by atoms with Gasteiger partial charge in [0.05, 0.1) is 23.3 Å². The molecule has 2 aromatic rings. The molecule has 1 aliphatic carbocycles. The lowest BCUT2D eigenvalue weighted by atomic mass is 10.00. The lowest BCUT2D eigenvalue weighted by molar-refractivity contribution is -0.143. The highest BCUT2D eigenvalue weighted by molar-refractivity contribution is 6.13. The molecule has 1 fully saturated rings. The van der Waals surface area contributed by atoms with Crippen LogP contribution in [0.2, 0.25) is 0 Å². The van der Waals surface area contributed by atoms with E-state index in [2.05, 4.69) is 15.6 Å². The number of para-hydroxylation sites is 1. The highest BCUT2D eigenvalue weighted by Gasteiger charge is 2.39. The zero-order valence-corrected chi connectivity index (χ0v) is 16.8. The molecule has 5 nitrogen and oxygen atoms in total. The number of anilines is 1. The van der Waals surface area contributed by atoms with Crippen LogP contribution in [0.1, 0.15) is 35.1 Å². The Morgan fingerprint density at radius 2 is 1.73 bits per heavy atom. The van der Waals surface area contributed by atoms with Crippen molar-refractivity contribution in [3.8, 4) is 0 Å². The fraction of sp³-hybridized carbons (Fsp3) is 0.318. The summed E-state index contributed by atoms with van der Waals surface area (Å²) in [6, 6.07) is 8.00. The van der Waals surface area contributed by atoms with Gasteiger partial charge in [0.1, 0.15) is 0 Å². The summed E-state index contributed by atoms with van der Waals surface area (Å²) in [5.41, 5.74) is -1.86. The lowest BCUT2D eigenvalue weighted by Gasteiger charge is -2.17. The largest absolute Gasteiger partial charge is 0.416 e. The highest BCUT2D eigenvalue weighted by atomic mass is 19.4. The van der Waals surface area contributed by atoms with Crippen molar-refractivity contribution in [3.63, 3.8) is 0 Å². The molecule has 0 spiro atoms. The number of carbonyl (C=O) groups is 2. The van der Waals surface area contributed by atoms with E-state index in [0.717, 1.165) is 12.8 Å². The van der Waals surface area contributed by atoms with Gasteiger partial charge in [-0.25, -0.2) is 0 Å². The number of amides is 2. The van der Waals surface area contributed by atoms with E-state index in [1.165, 1.54) is 0 Å². The minimum Gasteiger partial charge on any atom is -0.326 e. The van der Waals surface area contributed by atoms with Crippen molar-refractivity contribution in [1.82, 2.24) is 5.32 Å². The van der Waals surface area contributed by atoms with Gasteiger partial charge in [-0.15, -0.1) is 0 Å². The Bertz CT molecular complexity index is 1140. The zero-order valence-electron chi connectivity index (χ0n) is 16.8. The number of benzene rings is 2. The van der Waals surface area contributed by atoms with Crippen LogP contribution in [0.25, 0.3) is 0 Å². The number of nitrogens with one attached hydrogen (secondary N) is 2. The van der Waals surface area contributed by atoms with Crippen molar-refractivity contribution in [2.45, 2.75) is 37.8 Å². The minimum absolute atomic E-state index is 0.0268. The number of halogens is 6. The maximum absolute atomic E-state index is 13.4. The van der Waals surface area contributed by atoms with E-state index in [4.69, 9.17) is 0 Å². The maximum atomic E-state index is 13.4. The normalized spacial score (nSPS) is 18.7. The van der Waals surface area contributed by atoms with Gasteiger partial charge in [-0.2, -0.15) is 26.3 Å².